The van der Waals surface area contributed by atoms with E-state index < -0.39 is 0 Å². The van der Waals surface area contributed by atoms with E-state index in [1.165, 1.54) is 4.68 Å². The molecular formula is C29H23Cl2N7O2. The van der Waals surface area contributed by atoms with Gasteiger partial charge in [-0.3, -0.25) is 9.59 Å². The van der Waals surface area contributed by atoms with E-state index in [0.29, 0.717) is 52.7 Å². The Morgan fingerprint density at radius 2 is 1.73 bits per heavy atom. The predicted molar refractivity (Wildman–Crippen MR) is 154 cm³/mol. The van der Waals surface area contributed by atoms with Crippen LogP contribution in [0.5, 0.6) is 0 Å². The quantitative estimate of drug-likeness (QED) is 0.154. The lowest BCUT2D eigenvalue weighted by molar-refractivity contribution is 0.0953. The summed E-state index contributed by atoms with van der Waals surface area (Å²) in [6, 6.07) is 21.3. The molecule has 0 aliphatic heterocycles. The highest BCUT2D eigenvalue weighted by atomic mass is 35.5. The second-order valence-electron chi connectivity index (χ2n) is 9.06. The molecule has 5 rings (SSSR count). The Balaban J connectivity index is 1.31. The molecule has 0 unspecified atom stereocenters. The lowest BCUT2D eigenvalue weighted by Crippen LogP contribution is -2.26. The molecule has 0 bridgehead atoms. The standard InChI is InChI=1S/C29H23Cl2N7O2/c1-17-3-5-18(6-4-17)26(39)25-22(16-32)27(38(37-25)21-10-8-20(30)9-11-21)33-13-2-14-34-28(40)19-7-12-23-24(15-19)36-29(31)35-23/h3-12,15,33H,2,13-14H2,1H3,(H,34,40)(H,35,36). The lowest BCUT2D eigenvalue weighted by Gasteiger charge is -2.11. The van der Waals surface area contributed by atoms with Crippen LogP contribution in [0.25, 0.3) is 16.7 Å². The molecular weight excluding hydrogens is 549 g/mol. The zero-order valence-electron chi connectivity index (χ0n) is 21.3. The van der Waals surface area contributed by atoms with Crippen LogP contribution in [0.4, 0.5) is 5.82 Å². The van der Waals surface area contributed by atoms with Gasteiger partial charge in [-0.25, -0.2) is 9.67 Å². The van der Waals surface area contributed by atoms with Crippen LogP contribution < -0.4 is 10.6 Å². The molecule has 0 aliphatic rings. The minimum atomic E-state index is -0.352. The first-order valence-electron chi connectivity index (χ1n) is 12.4. The summed E-state index contributed by atoms with van der Waals surface area (Å²) in [5, 5.41) is 21.5. The number of aromatic nitrogens is 4. The van der Waals surface area contributed by atoms with E-state index in [1.807, 2.05) is 19.1 Å². The van der Waals surface area contributed by atoms with Gasteiger partial charge in [0, 0.05) is 29.2 Å². The zero-order valence-corrected chi connectivity index (χ0v) is 22.8. The highest BCUT2D eigenvalue weighted by Crippen LogP contribution is 2.26. The summed E-state index contributed by atoms with van der Waals surface area (Å²) < 4.78 is 1.53. The van der Waals surface area contributed by atoms with Crippen molar-refractivity contribution >= 4 is 51.7 Å². The molecule has 0 aliphatic carbocycles. The summed E-state index contributed by atoms with van der Waals surface area (Å²) in [5.41, 5.74) is 4.09. The molecule has 40 heavy (non-hydrogen) atoms. The molecule has 0 saturated heterocycles. The third-order valence-corrected chi connectivity index (χ3v) is 6.68. The Morgan fingerprint density at radius 3 is 2.45 bits per heavy atom. The lowest BCUT2D eigenvalue weighted by atomic mass is 10.0. The van der Waals surface area contributed by atoms with E-state index >= 15 is 0 Å². The third-order valence-electron chi connectivity index (χ3n) is 6.25. The SMILES string of the molecule is Cc1ccc(C(=O)c2nn(-c3ccc(Cl)cc3)c(NCCCNC(=O)c3ccc4[nH]c(Cl)nc4c3)c2C#N)cc1. The van der Waals surface area contributed by atoms with Crippen LogP contribution >= 0.6 is 23.2 Å². The second-order valence-corrected chi connectivity index (χ2v) is 9.86. The van der Waals surface area contributed by atoms with E-state index in [2.05, 4.69) is 31.8 Å². The number of H-pyrrole nitrogens is 1. The molecule has 1 amide bonds. The highest BCUT2D eigenvalue weighted by Gasteiger charge is 2.25. The number of imidazole rings is 1. The molecule has 9 nitrogen and oxygen atoms in total. The number of hydrogen-bond acceptors (Lipinski definition) is 6. The summed E-state index contributed by atoms with van der Waals surface area (Å²) in [4.78, 5) is 33.0. The van der Waals surface area contributed by atoms with Crippen LogP contribution in [0.3, 0.4) is 0 Å². The summed E-state index contributed by atoms with van der Waals surface area (Å²) in [5.74, 6) is -0.210. The van der Waals surface area contributed by atoms with Crippen LogP contribution in [-0.4, -0.2) is 44.5 Å². The molecule has 2 aromatic heterocycles. The van der Waals surface area contributed by atoms with E-state index in [-0.39, 0.29) is 28.2 Å². The van der Waals surface area contributed by atoms with Crippen LogP contribution in [0.15, 0.2) is 66.7 Å². The highest BCUT2D eigenvalue weighted by molar-refractivity contribution is 6.30. The van der Waals surface area contributed by atoms with Gasteiger partial charge in [-0.05, 0) is 67.4 Å². The molecule has 0 radical (unpaired) electrons. The van der Waals surface area contributed by atoms with Gasteiger partial charge in [0.2, 0.25) is 11.1 Å². The van der Waals surface area contributed by atoms with E-state index in [1.54, 1.807) is 54.6 Å². The molecule has 11 heteroatoms. The Kier molecular flexibility index (Phi) is 7.82. The number of nitrogens with one attached hydrogen (secondary N) is 3. The van der Waals surface area contributed by atoms with Crippen LogP contribution in [0.2, 0.25) is 10.3 Å². The molecule has 5 aromatic rings. The van der Waals surface area contributed by atoms with Gasteiger partial charge in [-0.2, -0.15) is 10.4 Å². The number of anilines is 1. The van der Waals surface area contributed by atoms with Crippen LogP contribution in [-0.2, 0) is 0 Å². The summed E-state index contributed by atoms with van der Waals surface area (Å²) >= 11 is 12.0. The number of aromatic amines is 1. The van der Waals surface area contributed by atoms with E-state index in [0.717, 1.165) is 11.1 Å². The number of amides is 1. The molecule has 3 N–H and O–H groups in total. The minimum Gasteiger partial charge on any atom is -0.369 e. The first-order chi connectivity index (χ1) is 19.3. The fraction of sp³-hybridized carbons (Fsp3) is 0.138. The number of nitriles is 1. The second kappa shape index (κ2) is 11.6. The van der Waals surface area contributed by atoms with Gasteiger partial charge >= 0.3 is 0 Å². The number of hydrogen-bond donors (Lipinski definition) is 3. The molecule has 0 atom stereocenters. The summed E-state index contributed by atoms with van der Waals surface area (Å²) in [7, 11) is 0. The largest absolute Gasteiger partial charge is 0.369 e. The maximum atomic E-state index is 13.3. The molecule has 0 fully saturated rings. The average Bonchev–Trinajstić information content (AvgIpc) is 3.52. The van der Waals surface area contributed by atoms with Gasteiger partial charge in [-0.15, -0.1) is 0 Å². The number of rotatable bonds is 9. The van der Waals surface area contributed by atoms with Gasteiger partial charge in [0.05, 0.1) is 16.7 Å². The van der Waals surface area contributed by atoms with Crippen molar-refractivity contribution in [3.8, 4) is 11.8 Å². The van der Waals surface area contributed by atoms with Crippen molar-refractivity contribution in [2.24, 2.45) is 0 Å². The van der Waals surface area contributed by atoms with Crippen molar-refractivity contribution in [1.29, 1.82) is 5.26 Å². The molecule has 200 valence electrons. The van der Waals surface area contributed by atoms with Gasteiger partial charge in [0.1, 0.15) is 17.5 Å². The summed E-state index contributed by atoms with van der Waals surface area (Å²) in [6.07, 6.45) is 0.542. The smallest absolute Gasteiger partial charge is 0.251 e. The number of carbonyl (C=O) groups is 2. The van der Waals surface area contributed by atoms with E-state index in [9.17, 15) is 14.9 Å². The number of nitrogens with zero attached hydrogens (tertiary/aromatic N) is 4. The van der Waals surface area contributed by atoms with Gasteiger partial charge in [0.25, 0.3) is 5.91 Å². The fourth-order valence-electron chi connectivity index (χ4n) is 4.17. The first-order valence-corrected chi connectivity index (χ1v) is 13.2. The van der Waals surface area contributed by atoms with Crippen molar-refractivity contribution in [3.63, 3.8) is 0 Å². The maximum absolute atomic E-state index is 13.3. The van der Waals surface area contributed by atoms with Gasteiger partial charge in [-0.1, -0.05) is 41.4 Å². The third kappa shape index (κ3) is 5.69. The van der Waals surface area contributed by atoms with Crippen molar-refractivity contribution < 1.29 is 9.59 Å². The normalized spacial score (nSPS) is 10.8. The van der Waals surface area contributed by atoms with Crippen molar-refractivity contribution in [1.82, 2.24) is 25.1 Å². The van der Waals surface area contributed by atoms with Crippen molar-refractivity contribution in [3.05, 3.63) is 105 Å². The predicted octanol–water partition coefficient (Wildman–Crippen LogP) is 5.70. The average molecular weight is 572 g/mol. The molecule has 2 heterocycles. The van der Waals surface area contributed by atoms with Crippen molar-refractivity contribution in [2.45, 2.75) is 13.3 Å². The van der Waals surface area contributed by atoms with Crippen molar-refractivity contribution in [2.75, 3.05) is 18.4 Å². The van der Waals surface area contributed by atoms with E-state index in [4.69, 9.17) is 23.2 Å². The Hall–Kier alpha value is -4.65. The first kappa shape index (κ1) is 26.9. The number of aryl methyl sites for hydroxylation is 1. The number of fused-ring (bicyclic) bond motifs is 1. The Morgan fingerprint density at radius 1 is 1.00 bits per heavy atom. The number of ketones is 1. The topological polar surface area (TPSA) is 128 Å². The monoisotopic (exact) mass is 571 g/mol. The van der Waals surface area contributed by atoms with Gasteiger partial charge in [0.15, 0.2) is 5.69 Å². The van der Waals surface area contributed by atoms with Crippen LogP contribution in [0, 0.1) is 18.3 Å². The Bertz CT molecular complexity index is 1750. The zero-order chi connectivity index (χ0) is 28.2. The maximum Gasteiger partial charge on any atom is 0.251 e. The molecule has 0 spiro atoms. The molecule has 3 aromatic carbocycles. The minimum absolute atomic E-state index is 0.0472. The fourth-order valence-corrected chi connectivity index (χ4v) is 4.49. The van der Waals surface area contributed by atoms with Gasteiger partial charge < -0.3 is 15.6 Å². The molecule has 0 saturated carbocycles. The Labute approximate surface area is 239 Å². The number of halogens is 2. The number of carbonyl (C=O) groups excluding carboxylic acids is 2. The van der Waals surface area contributed by atoms with Crippen LogP contribution in [0.1, 0.15) is 44.0 Å². The summed E-state index contributed by atoms with van der Waals surface area (Å²) in [6.45, 7) is 2.71. The number of benzene rings is 3.